The summed E-state index contributed by atoms with van der Waals surface area (Å²) in [4.78, 5) is 5.79. The Morgan fingerprint density at radius 2 is 1.88 bits per heavy atom. The first-order chi connectivity index (χ1) is 8.06. The second-order valence-corrected chi connectivity index (χ2v) is 5.62. The van der Waals surface area contributed by atoms with Crippen LogP contribution >= 0.6 is 11.3 Å². The van der Waals surface area contributed by atoms with Gasteiger partial charge in [-0.15, -0.1) is 11.3 Å². The van der Waals surface area contributed by atoms with E-state index in [1.807, 2.05) is 13.8 Å². The Hall–Kier alpha value is -1.19. The van der Waals surface area contributed by atoms with Crippen LogP contribution < -0.4 is 5.73 Å². The van der Waals surface area contributed by atoms with Crippen LogP contribution in [0.4, 0.5) is 0 Å². The summed E-state index contributed by atoms with van der Waals surface area (Å²) < 4.78 is 0. The third kappa shape index (κ3) is 2.93. The monoisotopic (exact) mass is 246 g/mol. The van der Waals surface area contributed by atoms with Gasteiger partial charge in [-0.1, -0.05) is 29.8 Å². The molecule has 0 aliphatic heterocycles. The van der Waals surface area contributed by atoms with Gasteiger partial charge in [0.1, 0.15) is 0 Å². The van der Waals surface area contributed by atoms with E-state index in [9.17, 15) is 0 Å². The van der Waals surface area contributed by atoms with Crippen molar-refractivity contribution in [2.75, 3.05) is 0 Å². The Kier molecular flexibility index (Phi) is 3.60. The molecule has 1 aromatic carbocycles. The van der Waals surface area contributed by atoms with Crippen LogP contribution in [0.15, 0.2) is 24.3 Å². The van der Waals surface area contributed by atoms with Gasteiger partial charge in [-0.25, -0.2) is 4.98 Å². The second kappa shape index (κ2) is 4.98. The number of aromatic nitrogens is 1. The third-order valence-electron chi connectivity index (χ3n) is 2.77. The number of nitrogens with two attached hydrogens (primary N) is 1. The van der Waals surface area contributed by atoms with Crippen molar-refractivity contribution in [2.24, 2.45) is 5.73 Å². The van der Waals surface area contributed by atoms with E-state index >= 15 is 0 Å². The lowest BCUT2D eigenvalue weighted by atomic mass is 10.1. The number of aryl methyl sites for hydroxylation is 2. The van der Waals surface area contributed by atoms with Crippen molar-refractivity contribution in [3.8, 4) is 0 Å². The Bertz CT molecular complexity index is 497. The van der Waals surface area contributed by atoms with E-state index in [-0.39, 0.29) is 6.04 Å². The topological polar surface area (TPSA) is 38.9 Å². The highest BCUT2D eigenvalue weighted by Gasteiger charge is 2.11. The van der Waals surface area contributed by atoms with Gasteiger partial charge in [-0.3, -0.25) is 0 Å². The van der Waals surface area contributed by atoms with Crippen LogP contribution in [0.3, 0.4) is 0 Å². The predicted molar refractivity (Wildman–Crippen MR) is 73.4 cm³/mol. The van der Waals surface area contributed by atoms with Crippen LogP contribution in [0.1, 0.15) is 39.7 Å². The molecule has 2 nitrogen and oxygen atoms in total. The quantitative estimate of drug-likeness (QED) is 0.901. The number of rotatable bonds is 3. The van der Waals surface area contributed by atoms with Crippen LogP contribution in [0.5, 0.6) is 0 Å². The van der Waals surface area contributed by atoms with Crippen LogP contribution in [-0.4, -0.2) is 4.98 Å². The van der Waals surface area contributed by atoms with Crippen molar-refractivity contribution < 1.29 is 0 Å². The van der Waals surface area contributed by atoms with Crippen LogP contribution in [0.2, 0.25) is 0 Å². The summed E-state index contributed by atoms with van der Waals surface area (Å²) >= 11 is 1.73. The molecule has 1 atom stereocenters. The molecule has 1 aromatic heterocycles. The Balaban J connectivity index is 2.19. The van der Waals surface area contributed by atoms with Crippen LogP contribution in [0, 0.1) is 13.8 Å². The Morgan fingerprint density at radius 3 is 2.41 bits per heavy atom. The lowest BCUT2D eigenvalue weighted by molar-refractivity contribution is 0.825. The first kappa shape index (κ1) is 12.3. The zero-order valence-corrected chi connectivity index (χ0v) is 11.3. The fraction of sp³-hybridized carbons (Fsp3) is 0.357. The lowest BCUT2D eigenvalue weighted by Gasteiger charge is -2.00. The van der Waals surface area contributed by atoms with E-state index < -0.39 is 0 Å². The van der Waals surface area contributed by atoms with E-state index in [0.29, 0.717) is 0 Å². The molecule has 2 N–H and O–H groups in total. The molecule has 1 unspecified atom stereocenters. The standard InChI is InChI=1S/C14H18N2S/c1-9-4-6-12(7-5-9)8-13-16-11(3)14(17-13)10(2)15/h4-7,10H,8,15H2,1-3H3. The third-order valence-corrected chi connectivity index (χ3v) is 4.12. The van der Waals surface area contributed by atoms with Crippen molar-refractivity contribution in [3.63, 3.8) is 0 Å². The van der Waals surface area contributed by atoms with Gasteiger partial charge in [-0.2, -0.15) is 0 Å². The first-order valence-corrected chi connectivity index (χ1v) is 6.65. The molecule has 0 spiro atoms. The molecular formula is C14H18N2S. The molecule has 0 saturated carbocycles. The average Bonchev–Trinajstić information content (AvgIpc) is 2.63. The van der Waals surface area contributed by atoms with Crippen molar-refractivity contribution in [1.82, 2.24) is 4.98 Å². The van der Waals surface area contributed by atoms with E-state index in [2.05, 4.69) is 36.2 Å². The summed E-state index contributed by atoms with van der Waals surface area (Å²) in [6.07, 6.45) is 0.901. The smallest absolute Gasteiger partial charge is 0.0975 e. The maximum absolute atomic E-state index is 5.91. The summed E-state index contributed by atoms with van der Waals surface area (Å²) in [5.41, 5.74) is 9.59. The maximum Gasteiger partial charge on any atom is 0.0975 e. The zero-order chi connectivity index (χ0) is 12.4. The Labute approximate surface area is 107 Å². The van der Waals surface area contributed by atoms with E-state index in [1.54, 1.807) is 11.3 Å². The molecule has 0 aliphatic rings. The largest absolute Gasteiger partial charge is 0.323 e. The zero-order valence-electron chi connectivity index (χ0n) is 10.5. The minimum absolute atomic E-state index is 0.0827. The van der Waals surface area contributed by atoms with Gasteiger partial charge in [0, 0.05) is 17.3 Å². The molecule has 2 aromatic rings. The molecular weight excluding hydrogens is 228 g/mol. The summed E-state index contributed by atoms with van der Waals surface area (Å²) in [6, 6.07) is 8.69. The fourth-order valence-corrected chi connectivity index (χ4v) is 2.90. The van der Waals surface area contributed by atoms with Crippen molar-refractivity contribution >= 4 is 11.3 Å². The highest BCUT2D eigenvalue weighted by Crippen LogP contribution is 2.25. The molecule has 90 valence electrons. The molecule has 3 heteroatoms. The predicted octanol–water partition coefficient (Wildman–Crippen LogP) is 3.37. The van der Waals surface area contributed by atoms with Gasteiger partial charge in [0.25, 0.3) is 0 Å². The highest BCUT2D eigenvalue weighted by molar-refractivity contribution is 7.11. The van der Waals surface area contributed by atoms with Crippen LogP contribution in [0.25, 0.3) is 0 Å². The van der Waals surface area contributed by atoms with Crippen LogP contribution in [-0.2, 0) is 6.42 Å². The second-order valence-electron chi connectivity index (χ2n) is 4.51. The van der Waals surface area contributed by atoms with Gasteiger partial charge < -0.3 is 5.73 Å². The van der Waals surface area contributed by atoms with Gasteiger partial charge in [-0.05, 0) is 26.3 Å². The van der Waals surface area contributed by atoms with E-state index in [4.69, 9.17) is 5.73 Å². The van der Waals surface area contributed by atoms with Crippen molar-refractivity contribution in [1.29, 1.82) is 0 Å². The first-order valence-electron chi connectivity index (χ1n) is 5.83. The number of hydrogen-bond donors (Lipinski definition) is 1. The van der Waals surface area contributed by atoms with Crippen molar-refractivity contribution in [2.45, 2.75) is 33.2 Å². The molecule has 0 amide bonds. The molecule has 0 bridgehead atoms. The normalized spacial score (nSPS) is 12.7. The fourth-order valence-electron chi connectivity index (χ4n) is 1.84. The number of benzene rings is 1. The number of hydrogen-bond acceptors (Lipinski definition) is 3. The highest BCUT2D eigenvalue weighted by atomic mass is 32.1. The molecule has 0 fully saturated rings. The molecule has 2 rings (SSSR count). The molecule has 0 aliphatic carbocycles. The average molecular weight is 246 g/mol. The van der Waals surface area contributed by atoms with Crippen molar-refractivity contribution in [3.05, 3.63) is 51.0 Å². The van der Waals surface area contributed by atoms with E-state index in [1.165, 1.54) is 16.0 Å². The van der Waals surface area contributed by atoms with Gasteiger partial charge in [0.2, 0.25) is 0 Å². The number of thiazole rings is 1. The summed E-state index contributed by atoms with van der Waals surface area (Å²) in [6.45, 7) is 6.15. The maximum atomic E-state index is 5.91. The van der Waals surface area contributed by atoms with Gasteiger partial charge in [0.15, 0.2) is 0 Å². The molecule has 17 heavy (non-hydrogen) atoms. The van der Waals surface area contributed by atoms with E-state index in [0.717, 1.165) is 17.1 Å². The van der Waals surface area contributed by atoms with Gasteiger partial charge in [0.05, 0.1) is 10.7 Å². The molecule has 1 heterocycles. The molecule has 0 radical (unpaired) electrons. The minimum atomic E-state index is 0.0827. The SMILES string of the molecule is Cc1ccc(Cc2nc(C)c(C(C)N)s2)cc1. The molecule has 0 saturated heterocycles. The summed E-state index contributed by atoms with van der Waals surface area (Å²) in [5, 5.41) is 1.15. The lowest BCUT2D eigenvalue weighted by Crippen LogP contribution is -2.03. The summed E-state index contributed by atoms with van der Waals surface area (Å²) in [7, 11) is 0. The minimum Gasteiger partial charge on any atom is -0.323 e. The number of nitrogens with zero attached hydrogens (tertiary/aromatic N) is 1. The summed E-state index contributed by atoms with van der Waals surface area (Å²) in [5.74, 6) is 0. The Morgan fingerprint density at radius 1 is 1.24 bits per heavy atom. The van der Waals surface area contributed by atoms with Gasteiger partial charge >= 0.3 is 0 Å².